The third kappa shape index (κ3) is 4.49. The summed E-state index contributed by atoms with van der Waals surface area (Å²) in [6, 6.07) is 10.2. The molecule has 0 aliphatic heterocycles. The van der Waals surface area contributed by atoms with Gasteiger partial charge < -0.3 is 9.84 Å². The molecule has 17 heavy (non-hydrogen) atoms. The van der Waals surface area contributed by atoms with Crippen molar-refractivity contribution in [3.8, 4) is 0 Å². The second kappa shape index (κ2) is 6.18. The molecule has 1 aromatic carbocycles. The van der Waals surface area contributed by atoms with E-state index in [1.165, 1.54) is 5.56 Å². The van der Waals surface area contributed by atoms with Gasteiger partial charge in [-0.25, -0.2) is 0 Å². The smallest absolute Gasteiger partial charge is 0.0878 e. The van der Waals surface area contributed by atoms with E-state index in [-0.39, 0.29) is 11.5 Å². The van der Waals surface area contributed by atoms with Gasteiger partial charge in [-0.2, -0.15) is 0 Å². The molecule has 0 radical (unpaired) electrons. The minimum absolute atomic E-state index is 0.0369. The van der Waals surface area contributed by atoms with Crippen LogP contribution in [0.3, 0.4) is 0 Å². The van der Waals surface area contributed by atoms with E-state index in [2.05, 4.69) is 32.9 Å². The highest BCUT2D eigenvalue weighted by molar-refractivity contribution is 5.14. The predicted molar refractivity (Wildman–Crippen MR) is 71.0 cm³/mol. The molecule has 1 rings (SSSR count). The van der Waals surface area contributed by atoms with Crippen molar-refractivity contribution in [3.05, 3.63) is 35.9 Å². The molecule has 0 amide bonds. The molecule has 2 nitrogen and oxygen atoms in total. The first-order chi connectivity index (χ1) is 7.95. The molecular weight excluding hydrogens is 212 g/mol. The minimum Gasteiger partial charge on any atom is -0.390 e. The van der Waals surface area contributed by atoms with Crippen LogP contribution in [0.2, 0.25) is 0 Å². The van der Waals surface area contributed by atoms with E-state index in [1.807, 2.05) is 18.2 Å². The molecule has 0 aliphatic rings. The summed E-state index contributed by atoms with van der Waals surface area (Å²) < 4.78 is 5.41. The zero-order valence-electron chi connectivity index (χ0n) is 11.3. The fraction of sp³-hybridized carbons (Fsp3) is 0.600. The first-order valence-corrected chi connectivity index (χ1v) is 6.20. The summed E-state index contributed by atoms with van der Waals surface area (Å²) in [5.41, 5.74) is 1.22. The highest BCUT2D eigenvalue weighted by atomic mass is 16.5. The Bertz CT molecular complexity index is 313. The molecule has 96 valence electrons. The molecular formula is C15H24O2. The maximum Gasteiger partial charge on any atom is 0.0878 e. The molecule has 1 N–H and O–H groups in total. The van der Waals surface area contributed by atoms with Gasteiger partial charge in [0.2, 0.25) is 0 Å². The number of aliphatic hydroxyl groups excluding tert-OH is 1. The number of hydrogen-bond acceptors (Lipinski definition) is 2. The Morgan fingerprint density at radius 1 is 1.18 bits per heavy atom. The second-order valence-corrected chi connectivity index (χ2v) is 5.61. The maximum absolute atomic E-state index is 10.2. The van der Waals surface area contributed by atoms with Crippen LogP contribution in [0.1, 0.15) is 32.8 Å². The zero-order valence-corrected chi connectivity index (χ0v) is 11.3. The molecule has 0 bridgehead atoms. The van der Waals surface area contributed by atoms with E-state index in [0.29, 0.717) is 0 Å². The largest absolute Gasteiger partial charge is 0.390 e. The Hall–Kier alpha value is -0.860. The van der Waals surface area contributed by atoms with Crippen LogP contribution in [0.15, 0.2) is 30.3 Å². The van der Waals surface area contributed by atoms with E-state index < -0.39 is 6.10 Å². The molecule has 1 aromatic rings. The average Bonchev–Trinajstić information content (AvgIpc) is 2.27. The minimum atomic E-state index is -0.416. The SMILES string of the molecule is COC(C(O)CCc1ccccc1)C(C)(C)C. The van der Waals surface area contributed by atoms with Crippen LogP contribution in [0.5, 0.6) is 0 Å². The first-order valence-electron chi connectivity index (χ1n) is 6.20. The van der Waals surface area contributed by atoms with Crippen LogP contribution >= 0.6 is 0 Å². The van der Waals surface area contributed by atoms with Gasteiger partial charge in [0.15, 0.2) is 0 Å². The lowest BCUT2D eigenvalue weighted by atomic mass is 9.84. The highest BCUT2D eigenvalue weighted by Crippen LogP contribution is 2.26. The van der Waals surface area contributed by atoms with Crippen LogP contribution in [0.25, 0.3) is 0 Å². The van der Waals surface area contributed by atoms with Gasteiger partial charge in [0, 0.05) is 7.11 Å². The molecule has 0 aromatic heterocycles. The lowest BCUT2D eigenvalue weighted by Gasteiger charge is -2.33. The fourth-order valence-corrected chi connectivity index (χ4v) is 2.20. The zero-order chi connectivity index (χ0) is 12.9. The van der Waals surface area contributed by atoms with Crippen LogP contribution in [-0.4, -0.2) is 24.4 Å². The van der Waals surface area contributed by atoms with Gasteiger partial charge in [0.1, 0.15) is 0 Å². The summed E-state index contributed by atoms with van der Waals surface area (Å²) in [4.78, 5) is 0. The number of rotatable bonds is 5. The van der Waals surface area contributed by atoms with Gasteiger partial charge in [-0.1, -0.05) is 51.1 Å². The van der Waals surface area contributed by atoms with E-state index in [0.717, 1.165) is 12.8 Å². The first kappa shape index (κ1) is 14.2. The van der Waals surface area contributed by atoms with E-state index in [1.54, 1.807) is 7.11 Å². The fourth-order valence-electron chi connectivity index (χ4n) is 2.20. The summed E-state index contributed by atoms with van der Waals surface area (Å²) in [5.74, 6) is 0. The Morgan fingerprint density at radius 3 is 2.24 bits per heavy atom. The number of benzene rings is 1. The third-order valence-corrected chi connectivity index (χ3v) is 3.03. The van der Waals surface area contributed by atoms with Gasteiger partial charge >= 0.3 is 0 Å². The Kier molecular flexibility index (Phi) is 5.16. The van der Waals surface area contributed by atoms with Gasteiger partial charge in [0.25, 0.3) is 0 Å². The number of aliphatic hydroxyl groups is 1. The van der Waals surface area contributed by atoms with Crippen molar-refractivity contribution in [2.24, 2.45) is 5.41 Å². The lowest BCUT2D eigenvalue weighted by molar-refractivity contribution is -0.0729. The van der Waals surface area contributed by atoms with Crippen LogP contribution in [0, 0.1) is 5.41 Å². The molecule has 0 aliphatic carbocycles. The van der Waals surface area contributed by atoms with Gasteiger partial charge in [-0.05, 0) is 23.8 Å². The van der Waals surface area contributed by atoms with Crippen molar-refractivity contribution in [1.29, 1.82) is 0 Å². The van der Waals surface area contributed by atoms with E-state index >= 15 is 0 Å². The summed E-state index contributed by atoms with van der Waals surface area (Å²) >= 11 is 0. The lowest BCUT2D eigenvalue weighted by Crippen LogP contribution is -2.39. The van der Waals surface area contributed by atoms with Crippen molar-refractivity contribution in [2.45, 2.75) is 45.8 Å². The van der Waals surface area contributed by atoms with Crippen LogP contribution < -0.4 is 0 Å². The quantitative estimate of drug-likeness (QED) is 0.851. The number of methoxy groups -OCH3 is 1. The topological polar surface area (TPSA) is 29.5 Å². The molecule has 2 heteroatoms. The molecule has 0 fully saturated rings. The number of ether oxygens (including phenoxy) is 1. The highest BCUT2D eigenvalue weighted by Gasteiger charge is 2.30. The third-order valence-electron chi connectivity index (χ3n) is 3.03. The van der Waals surface area contributed by atoms with Crippen molar-refractivity contribution in [2.75, 3.05) is 7.11 Å². The van der Waals surface area contributed by atoms with Gasteiger partial charge in [0.05, 0.1) is 12.2 Å². The summed E-state index contributed by atoms with van der Waals surface area (Å²) in [6.07, 6.45) is 1.09. The van der Waals surface area contributed by atoms with Crippen molar-refractivity contribution in [1.82, 2.24) is 0 Å². The molecule has 2 unspecified atom stereocenters. The maximum atomic E-state index is 10.2. The summed E-state index contributed by atoms with van der Waals surface area (Å²) in [5, 5.41) is 10.2. The molecule has 0 spiro atoms. The summed E-state index contributed by atoms with van der Waals surface area (Å²) in [7, 11) is 1.67. The molecule has 2 atom stereocenters. The van der Waals surface area contributed by atoms with Crippen molar-refractivity contribution >= 4 is 0 Å². The second-order valence-electron chi connectivity index (χ2n) is 5.61. The van der Waals surface area contributed by atoms with Gasteiger partial charge in [-0.3, -0.25) is 0 Å². The normalized spacial score (nSPS) is 15.6. The standard InChI is InChI=1S/C15H24O2/c1-15(2,3)14(17-4)13(16)11-10-12-8-6-5-7-9-12/h5-9,13-14,16H,10-11H2,1-4H3. The number of hydrogen-bond donors (Lipinski definition) is 1. The van der Waals surface area contributed by atoms with Crippen molar-refractivity contribution in [3.63, 3.8) is 0 Å². The van der Waals surface area contributed by atoms with Crippen LogP contribution in [0.4, 0.5) is 0 Å². The van der Waals surface area contributed by atoms with E-state index in [9.17, 15) is 5.11 Å². The van der Waals surface area contributed by atoms with Crippen LogP contribution in [-0.2, 0) is 11.2 Å². The summed E-state index contributed by atoms with van der Waals surface area (Å²) in [6.45, 7) is 6.27. The van der Waals surface area contributed by atoms with Gasteiger partial charge in [-0.15, -0.1) is 0 Å². The predicted octanol–water partition coefficient (Wildman–Crippen LogP) is 3.04. The Morgan fingerprint density at radius 2 is 1.76 bits per heavy atom. The molecule has 0 saturated heterocycles. The monoisotopic (exact) mass is 236 g/mol. The Labute approximate surface area is 105 Å². The number of aryl methyl sites for hydroxylation is 1. The van der Waals surface area contributed by atoms with Crippen molar-refractivity contribution < 1.29 is 9.84 Å². The molecule has 0 heterocycles. The average molecular weight is 236 g/mol. The Balaban J connectivity index is 2.51. The van der Waals surface area contributed by atoms with E-state index in [4.69, 9.17) is 4.74 Å². The molecule has 0 saturated carbocycles.